The number of nitrogens with zero attached hydrogens (tertiary/aromatic N) is 4. The fourth-order valence-electron chi connectivity index (χ4n) is 0.620. The largest absolute Gasteiger partial charge is 0.591 e. The molecule has 0 aliphatic rings. The third kappa shape index (κ3) is 4.11. The van der Waals surface area contributed by atoms with Gasteiger partial charge in [0.25, 0.3) is 0 Å². The molecule has 0 N–H and O–H groups in total. The van der Waals surface area contributed by atoms with E-state index in [0.29, 0.717) is 5.69 Å². The second-order valence-electron chi connectivity index (χ2n) is 3.78. The van der Waals surface area contributed by atoms with Gasteiger partial charge >= 0.3 is 0 Å². The molecule has 0 aromatic carbocycles. The molecule has 0 bridgehead atoms. The Hall–Kier alpha value is -0.720. The van der Waals surface area contributed by atoms with Gasteiger partial charge in [0.05, 0.1) is 0 Å². The Morgan fingerprint density at radius 2 is 2.13 bits per heavy atom. The van der Waals surface area contributed by atoms with Gasteiger partial charge in [-0.2, -0.15) is 0 Å². The van der Waals surface area contributed by atoms with Crippen LogP contribution in [0.1, 0.15) is 26.5 Å². The molecular weight excluding hydrogens is 236 g/mol. The molecule has 7 heteroatoms. The molecule has 82 valence electrons. The van der Waals surface area contributed by atoms with Crippen molar-refractivity contribution in [2.45, 2.75) is 25.5 Å². The number of halogens is 1. The van der Waals surface area contributed by atoms with Crippen LogP contribution in [0.25, 0.3) is 0 Å². The summed E-state index contributed by atoms with van der Waals surface area (Å²) in [6.07, 6.45) is 1.38. The van der Waals surface area contributed by atoms with Gasteiger partial charge in [-0.3, -0.25) is 0 Å². The smallest absolute Gasteiger partial charge is 0.155 e. The van der Waals surface area contributed by atoms with Crippen molar-refractivity contribution in [3.05, 3.63) is 16.9 Å². The van der Waals surface area contributed by atoms with Crippen molar-refractivity contribution in [1.29, 1.82) is 0 Å². The van der Waals surface area contributed by atoms with Gasteiger partial charge in [-0.1, -0.05) is 16.0 Å². The molecule has 0 aliphatic heterocycles. The highest BCUT2D eigenvalue weighted by Gasteiger charge is 2.25. The molecule has 5 nitrogen and oxygen atoms in total. The Kier molecular flexibility index (Phi) is 4.01. The topological polar surface area (TPSA) is 74.1 Å². The van der Waals surface area contributed by atoms with E-state index in [1.165, 1.54) is 12.3 Å². The first-order valence-corrected chi connectivity index (χ1v) is 5.70. The van der Waals surface area contributed by atoms with E-state index in [0.717, 1.165) is 0 Å². The zero-order valence-electron chi connectivity index (χ0n) is 8.64. The van der Waals surface area contributed by atoms with Crippen molar-refractivity contribution >= 4 is 29.2 Å². The number of hydrogen-bond acceptors (Lipinski definition) is 5. The van der Waals surface area contributed by atoms with E-state index in [2.05, 4.69) is 19.8 Å². The number of rotatable bonds is 2. The van der Waals surface area contributed by atoms with Crippen molar-refractivity contribution in [3.63, 3.8) is 0 Å². The highest BCUT2D eigenvalue weighted by Crippen LogP contribution is 2.16. The third-order valence-corrected chi connectivity index (χ3v) is 2.90. The fraction of sp³-hybridized carbons (Fsp3) is 0.500. The van der Waals surface area contributed by atoms with Gasteiger partial charge < -0.3 is 4.55 Å². The molecule has 0 saturated heterocycles. The van der Waals surface area contributed by atoms with Gasteiger partial charge in [0.2, 0.25) is 0 Å². The molecule has 0 saturated carbocycles. The van der Waals surface area contributed by atoms with Crippen LogP contribution in [-0.4, -0.2) is 30.9 Å². The van der Waals surface area contributed by atoms with Crippen LogP contribution in [0.5, 0.6) is 0 Å². The van der Waals surface area contributed by atoms with Crippen LogP contribution in [0.2, 0.25) is 5.15 Å². The molecule has 0 amide bonds. The zero-order chi connectivity index (χ0) is 11.5. The monoisotopic (exact) mass is 246 g/mol. The molecule has 1 heterocycles. The predicted octanol–water partition coefficient (Wildman–Crippen LogP) is 1.41. The summed E-state index contributed by atoms with van der Waals surface area (Å²) in [5.74, 6) is 0. The van der Waals surface area contributed by atoms with Crippen LogP contribution in [0.15, 0.2) is 10.5 Å². The third-order valence-electron chi connectivity index (χ3n) is 1.37. The maximum Gasteiger partial charge on any atom is 0.155 e. The lowest BCUT2D eigenvalue weighted by Gasteiger charge is -2.17. The maximum absolute atomic E-state index is 11.5. The highest BCUT2D eigenvalue weighted by atomic mass is 35.5. The number of hydrogen-bond donors (Lipinski definition) is 0. The highest BCUT2D eigenvalue weighted by molar-refractivity contribution is 7.91. The summed E-state index contributed by atoms with van der Waals surface area (Å²) in [7, 11) is 0. The van der Waals surface area contributed by atoms with Gasteiger partial charge in [-0.15, -0.1) is 10.2 Å². The summed E-state index contributed by atoms with van der Waals surface area (Å²) in [4.78, 5) is 0. The van der Waals surface area contributed by atoms with Gasteiger partial charge in [-0.05, 0) is 26.0 Å². The summed E-state index contributed by atoms with van der Waals surface area (Å²) in [5.41, 5.74) is 0.438. The fourth-order valence-corrected chi connectivity index (χ4v) is 1.29. The maximum atomic E-state index is 11.5. The molecule has 1 aromatic heterocycles. The minimum Gasteiger partial charge on any atom is -0.591 e. The normalized spacial score (nSPS) is 14.5. The summed E-state index contributed by atoms with van der Waals surface area (Å²) < 4.78 is 15.0. The molecule has 1 rings (SSSR count). The van der Waals surface area contributed by atoms with Gasteiger partial charge in [-0.25, -0.2) is 0 Å². The van der Waals surface area contributed by atoms with E-state index in [-0.39, 0.29) is 9.90 Å². The Morgan fingerprint density at radius 3 is 2.67 bits per heavy atom. The van der Waals surface area contributed by atoms with Crippen molar-refractivity contribution < 1.29 is 4.55 Å². The van der Waals surface area contributed by atoms with E-state index < -0.39 is 11.4 Å². The minimum absolute atomic E-state index is 0.230. The summed E-state index contributed by atoms with van der Waals surface area (Å²) in [6.45, 7) is 5.52. The van der Waals surface area contributed by atoms with Gasteiger partial charge in [0.1, 0.15) is 28.0 Å². The predicted molar refractivity (Wildman–Crippen MR) is 60.3 cm³/mol. The molecule has 0 radical (unpaired) electrons. The molecule has 0 aliphatic carbocycles. The SMILES string of the molecule is CC(C)(C)[S+]([O-])/N=C/c1cc(Cl)nnn1. The van der Waals surface area contributed by atoms with E-state index >= 15 is 0 Å². The first-order valence-electron chi connectivity index (χ1n) is 4.21. The lowest BCUT2D eigenvalue weighted by molar-refractivity contribution is 0.561. The first-order chi connectivity index (χ1) is 6.89. The average Bonchev–Trinajstić information content (AvgIpc) is 2.12. The van der Waals surface area contributed by atoms with Crippen molar-refractivity contribution in [2.24, 2.45) is 4.40 Å². The standard InChI is InChI=1S/C8H11ClN4OS/c1-8(2,3)15(14)10-5-6-4-7(9)12-13-11-6/h4-5H,1-3H3/b10-5+. The molecule has 0 spiro atoms. The molecule has 1 atom stereocenters. The summed E-state index contributed by atoms with van der Waals surface area (Å²) >= 11 is 4.29. The van der Waals surface area contributed by atoms with Crippen LogP contribution in [0, 0.1) is 0 Å². The Bertz CT molecular complexity index is 366. The van der Waals surface area contributed by atoms with Crippen LogP contribution < -0.4 is 0 Å². The van der Waals surface area contributed by atoms with Gasteiger partial charge in [0.15, 0.2) is 5.15 Å². The Morgan fingerprint density at radius 1 is 1.47 bits per heavy atom. The van der Waals surface area contributed by atoms with Crippen molar-refractivity contribution in [2.75, 3.05) is 0 Å². The molecular formula is C8H11ClN4OS. The van der Waals surface area contributed by atoms with E-state index in [1.54, 1.807) is 0 Å². The molecule has 0 fully saturated rings. The second kappa shape index (κ2) is 4.87. The summed E-state index contributed by atoms with van der Waals surface area (Å²) in [5, 5.41) is 10.8. The van der Waals surface area contributed by atoms with Crippen LogP contribution in [-0.2, 0) is 11.4 Å². The minimum atomic E-state index is -1.31. The Balaban J connectivity index is 2.74. The van der Waals surface area contributed by atoms with Gasteiger partial charge in [0, 0.05) is 6.07 Å². The van der Waals surface area contributed by atoms with Crippen LogP contribution in [0.3, 0.4) is 0 Å². The first kappa shape index (κ1) is 12.4. The van der Waals surface area contributed by atoms with E-state index in [9.17, 15) is 4.55 Å². The number of aromatic nitrogens is 3. The molecule has 15 heavy (non-hydrogen) atoms. The van der Waals surface area contributed by atoms with E-state index in [1.807, 2.05) is 20.8 Å². The average molecular weight is 247 g/mol. The molecule has 1 aromatic rings. The van der Waals surface area contributed by atoms with Crippen molar-refractivity contribution in [3.8, 4) is 0 Å². The molecule has 1 unspecified atom stereocenters. The zero-order valence-corrected chi connectivity index (χ0v) is 10.2. The quantitative estimate of drug-likeness (QED) is 0.584. The van der Waals surface area contributed by atoms with Crippen LogP contribution in [0.4, 0.5) is 0 Å². The summed E-state index contributed by atoms with van der Waals surface area (Å²) in [6, 6.07) is 1.50. The lowest BCUT2D eigenvalue weighted by atomic mass is 10.3. The van der Waals surface area contributed by atoms with Crippen LogP contribution >= 0.6 is 11.6 Å². The lowest BCUT2D eigenvalue weighted by Crippen LogP contribution is -2.25. The van der Waals surface area contributed by atoms with Crippen molar-refractivity contribution in [1.82, 2.24) is 15.4 Å². The Labute approximate surface area is 96.3 Å². The van der Waals surface area contributed by atoms with E-state index in [4.69, 9.17) is 11.6 Å². The second-order valence-corrected chi connectivity index (χ2v) is 6.10.